The summed E-state index contributed by atoms with van der Waals surface area (Å²) >= 11 is 0. The first-order valence-electron chi connectivity index (χ1n) is 7.76. The summed E-state index contributed by atoms with van der Waals surface area (Å²) in [6, 6.07) is 0.210. The maximum absolute atomic E-state index is 12.9. The van der Waals surface area contributed by atoms with E-state index in [9.17, 15) is 9.59 Å². The fourth-order valence-electron chi connectivity index (χ4n) is 4.01. The molecule has 1 saturated heterocycles. The van der Waals surface area contributed by atoms with E-state index < -0.39 is 5.97 Å². The number of aromatic amines is 1. The predicted octanol–water partition coefficient (Wildman–Crippen LogP) is 1.65. The van der Waals surface area contributed by atoms with Crippen LogP contribution in [0.2, 0.25) is 0 Å². The number of H-pyrrole nitrogens is 1. The molecule has 3 rings (SSSR count). The van der Waals surface area contributed by atoms with Crippen LogP contribution in [-0.4, -0.2) is 48.0 Å². The molecule has 1 aliphatic heterocycles. The highest BCUT2D eigenvalue weighted by atomic mass is 35.5. The standard InChI is InChI=1S/C16H23N3O3.ClH/c1-8-13(9(2)18-14(8)16(21)22-3)15(20)19-6-10-4-5-12(17)11(10)7-19;/h10-12,18H,4-7,17H2,1-3H3;1H. The highest BCUT2D eigenvalue weighted by molar-refractivity contribution is 6.01. The Hall–Kier alpha value is -1.53. The maximum atomic E-state index is 12.9. The van der Waals surface area contributed by atoms with Gasteiger partial charge in [0.1, 0.15) is 5.69 Å². The second-order valence-electron chi connectivity index (χ2n) is 6.49. The number of hydrogen-bond acceptors (Lipinski definition) is 4. The van der Waals surface area contributed by atoms with E-state index in [1.807, 2.05) is 11.8 Å². The highest BCUT2D eigenvalue weighted by Gasteiger charge is 2.43. The van der Waals surface area contributed by atoms with Crippen molar-refractivity contribution < 1.29 is 14.3 Å². The van der Waals surface area contributed by atoms with Crippen molar-refractivity contribution >= 4 is 24.3 Å². The van der Waals surface area contributed by atoms with Gasteiger partial charge in [-0.15, -0.1) is 12.4 Å². The van der Waals surface area contributed by atoms with Gasteiger partial charge in [-0.1, -0.05) is 0 Å². The zero-order valence-corrected chi connectivity index (χ0v) is 14.5. The van der Waals surface area contributed by atoms with Crippen LogP contribution in [0.3, 0.4) is 0 Å². The van der Waals surface area contributed by atoms with E-state index in [-0.39, 0.29) is 24.4 Å². The first-order chi connectivity index (χ1) is 10.4. The maximum Gasteiger partial charge on any atom is 0.354 e. The summed E-state index contributed by atoms with van der Waals surface area (Å²) in [5.41, 5.74) is 8.46. The van der Waals surface area contributed by atoms with Crippen LogP contribution in [0.1, 0.15) is 44.9 Å². The number of hydrogen-bond donors (Lipinski definition) is 2. The number of aryl methyl sites for hydroxylation is 1. The largest absolute Gasteiger partial charge is 0.464 e. The molecule has 0 radical (unpaired) electrons. The van der Waals surface area contributed by atoms with Gasteiger partial charge in [0.15, 0.2) is 0 Å². The number of halogens is 1. The molecular formula is C16H24ClN3O3. The molecule has 7 heteroatoms. The third-order valence-electron chi connectivity index (χ3n) is 5.24. The zero-order chi connectivity index (χ0) is 16.0. The molecular weight excluding hydrogens is 318 g/mol. The molecule has 23 heavy (non-hydrogen) atoms. The molecule has 1 amide bonds. The van der Waals surface area contributed by atoms with Crippen molar-refractivity contribution in [1.29, 1.82) is 0 Å². The van der Waals surface area contributed by atoms with Crippen molar-refractivity contribution in [3.63, 3.8) is 0 Å². The topological polar surface area (TPSA) is 88.4 Å². The smallest absolute Gasteiger partial charge is 0.354 e. The molecule has 1 saturated carbocycles. The Morgan fingerprint density at radius 1 is 1.26 bits per heavy atom. The number of likely N-dealkylation sites (tertiary alicyclic amines) is 1. The summed E-state index contributed by atoms with van der Waals surface area (Å²) in [5.74, 6) is 0.491. The summed E-state index contributed by atoms with van der Waals surface area (Å²) in [6.45, 7) is 5.10. The summed E-state index contributed by atoms with van der Waals surface area (Å²) in [6.07, 6.45) is 2.17. The number of methoxy groups -OCH3 is 1. The van der Waals surface area contributed by atoms with E-state index >= 15 is 0 Å². The molecule has 3 atom stereocenters. The Morgan fingerprint density at radius 3 is 2.57 bits per heavy atom. The van der Waals surface area contributed by atoms with Gasteiger partial charge in [-0.05, 0) is 44.1 Å². The van der Waals surface area contributed by atoms with Crippen molar-refractivity contribution in [1.82, 2.24) is 9.88 Å². The van der Waals surface area contributed by atoms with Crippen LogP contribution in [0.4, 0.5) is 0 Å². The second kappa shape index (κ2) is 6.53. The van der Waals surface area contributed by atoms with Gasteiger partial charge in [-0.3, -0.25) is 4.79 Å². The zero-order valence-electron chi connectivity index (χ0n) is 13.7. The molecule has 0 bridgehead atoms. The van der Waals surface area contributed by atoms with Crippen molar-refractivity contribution in [3.05, 3.63) is 22.5 Å². The van der Waals surface area contributed by atoms with Crippen LogP contribution in [0.15, 0.2) is 0 Å². The summed E-state index contributed by atoms with van der Waals surface area (Å²) < 4.78 is 4.75. The molecule has 2 fully saturated rings. The molecule has 6 nitrogen and oxygen atoms in total. The lowest BCUT2D eigenvalue weighted by atomic mass is 9.98. The van der Waals surface area contributed by atoms with E-state index in [1.54, 1.807) is 6.92 Å². The number of fused-ring (bicyclic) bond motifs is 1. The Kier molecular flexibility index (Phi) is 5.06. The summed E-state index contributed by atoms with van der Waals surface area (Å²) in [7, 11) is 1.34. The van der Waals surface area contributed by atoms with Crippen LogP contribution in [0.5, 0.6) is 0 Å². The number of nitrogens with one attached hydrogen (secondary N) is 1. The van der Waals surface area contributed by atoms with Gasteiger partial charge in [0, 0.05) is 24.8 Å². The third kappa shape index (κ3) is 2.85. The van der Waals surface area contributed by atoms with Crippen molar-refractivity contribution in [2.45, 2.75) is 32.7 Å². The minimum absolute atomic E-state index is 0. The minimum Gasteiger partial charge on any atom is -0.464 e. The fourth-order valence-corrected chi connectivity index (χ4v) is 4.01. The molecule has 1 aliphatic carbocycles. The van der Waals surface area contributed by atoms with Gasteiger partial charge in [0.25, 0.3) is 5.91 Å². The molecule has 2 heterocycles. The van der Waals surface area contributed by atoms with Crippen LogP contribution >= 0.6 is 12.4 Å². The molecule has 3 N–H and O–H groups in total. The number of rotatable bonds is 2. The molecule has 3 unspecified atom stereocenters. The lowest BCUT2D eigenvalue weighted by Crippen LogP contribution is -2.34. The van der Waals surface area contributed by atoms with Gasteiger partial charge in [-0.25, -0.2) is 4.79 Å². The average molecular weight is 342 g/mol. The normalized spacial score (nSPS) is 25.9. The highest BCUT2D eigenvalue weighted by Crippen LogP contribution is 2.38. The molecule has 2 aliphatic rings. The van der Waals surface area contributed by atoms with Crippen molar-refractivity contribution in [3.8, 4) is 0 Å². The van der Waals surface area contributed by atoms with E-state index in [4.69, 9.17) is 10.5 Å². The second-order valence-corrected chi connectivity index (χ2v) is 6.49. The Balaban J connectivity index is 0.00000192. The van der Waals surface area contributed by atoms with E-state index in [0.717, 1.165) is 25.9 Å². The first kappa shape index (κ1) is 17.8. The predicted molar refractivity (Wildman–Crippen MR) is 88.9 cm³/mol. The third-order valence-corrected chi connectivity index (χ3v) is 5.24. The van der Waals surface area contributed by atoms with Gasteiger partial charge in [-0.2, -0.15) is 0 Å². The average Bonchev–Trinajstić information content (AvgIpc) is 3.13. The van der Waals surface area contributed by atoms with Gasteiger partial charge >= 0.3 is 5.97 Å². The van der Waals surface area contributed by atoms with Gasteiger partial charge in [0.2, 0.25) is 0 Å². The lowest BCUT2D eigenvalue weighted by molar-refractivity contribution is 0.0594. The van der Waals surface area contributed by atoms with E-state index in [2.05, 4.69) is 4.98 Å². The molecule has 1 aromatic rings. The Labute approximate surface area is 142 Å². The van der Waals surface area contributed by atoms with Crippen LogP contribution in [0, 0.1) is 25.7 Å². The van der Waals surface area contributed by atoms with Gasteiger partial charge < -0.3 is 20.4 Å². The molecule has 0 aromatic carbocycles. The number of carbonyl (C=O) groups is 2. The van der Waals surface area contributed by atoms with E-state index in [1.165, 1.54) is 7.11 Å². The number of amides is 1. The SMILES string of the molecule is COC(=O)c1[nH]c(C)c(C(=O)N2CC3CCC(N)C3C2)c1C.Cl. The summed E-state index contributed by atoms with van der Waals surface area (Å²) in [4.78, 5) is 29.5. The quantitative estimate of drug-likeness (QED) is 0.800. The molecule has 128 valence electrons. The van der Waals surface area contributed by atoms with Gasteiger partial charge in [0.05, 0.1) is 12.7 Å². The van der Waals surface area contributed by atoms with Crippen molar-refractivity contribution in [2.24, 2.45) is 17.6 Å². The number of carbonyl (C=O) groups excluding carboxylic acids is 2. The Morgan fingerprint density at radius 2 is 1.96 bits per heavy atom. The Bertz CT molecular complexity index is 628. The fraction of sp³-hybridized carbons (Fsp3) is 0.625. The molecule has 1 aromatic heterocycles. The number of nitrogens with zero attached hydrogens (tertiary/aromatic N) is 1. The lowest BCUT2D eigenvalue weighted by Gasteiger charge is -2.19. The van der Waals surface area contributed by atoms with Crippen molar-refractivity contribution in [2.75, 3.05) is 20.2 Å². The number of nitrogens with two attached hydrogens (primary N) is 1. The number of esters is 1. The summed E-state index contributed by atoms with van der Waals surface area (Å²) in [5, 5.41) is 0. The molecule has 0 spiro atoms. The number of ether oxygens (including phenoxy) is 1. The van der Waals surface area contributed by atoms with E-state index in [0.29, 0.717) is 34.4 Å². The van der Waals surface area contributed by atoms with Crippen LogP contribution in [-0.2, 0) is 4.74 Å². The number of aromatic nitrogens is 1. The van der Waals surface area contributed by atoms with Crippen LogP contribution < -0.4 is 5.73 Å². The first-order valence-corrected chi connectivity index (χ1v) is 7.76. The van der Waals surface area contributed by atoms with Crippen LogP contribution in [0.25, 0.3) is 0 Å². The minimum atomic E-state index is -0.444. The monoisotopic (exact) mass is 341 g/mol.